The van der Waals surface area contributed by atoms with Crippen molar-refractivity contribution in [1.29, 1.82) is 0 Å². The smallest absolute Gasteiger partial charge is 0.235 e. The summed E-state index contributed by atoms with van der Waals surface area (Å²) in [7, 11) is 0. The number of thioether (sulfide) groups is 1. The minimum atomic E-state index is -0.199. The van der Waals surface area contributed by atoms with E-state index in [1.54, 1.807) is 13.0 Å². The van der Waals surface area contributed by atoms with Gasteiger partial charge in [-0.15, -0.1) is 11.8 Å². The molecule has 1 heterocycles. The fourth-order valence-corrected chi connectivity index (χ4v) is 1.86. The number of nitrogens with zero attached hydrogens (tertiary/aromatic N) is 1. The predicted molar refractivity (Wildman–Crippen MR) is 75.0 cm³/mol. The van der Waals surface area contributed by atoms with E-state index in [9.17, 15) is 9.59 Å². The zero-order chi connectivity index (χ0) is 14.3. The van der Waals surface area contributed by atoms with E-state index >= 15 is 0 Å². The van der Waals surface area contributed by atoms with Crippen molar-refractivity contribution in [2.45, 2.75) is 20.8 Å². The Kier molecular flexibility index (Phi) is 6.41. The quantitative estimate of drug-likeness (QED) is 0.791. The number of aromatic nitrogens is 1. The van der Waals surface area contributed by atoms with Crippen LogP contribution in [0.2, 0.25) is 0 Å². The molecule has 0 saturated heterocycles. The van der Waals surface area contributed by atoms with Gasteiger partial charge in [0.1, 0.15) is 5.76 Å². The van der Waals surface area contributed by atoms with Crippen LogP contribution in [0.1, 0.15) is 19.6 Å². The van der Waals surface area contributed by atoms with E-state index in [1.807, 2.05) is 13.8 Å². The molecule has 2 N–H and O–H groups in total. The van der Waals surface area contributed by atoms with Crippen molar-refractivity contribution in [2.75, 3.05) is 23.4 Å². The molecule has 1 aromatic rings. The van der Waals surface area contributed by atoms with Crippen LogP contribution in [-0.2, 0) is 9.59 Å². The number of anilines is 1. The van der Waals surface area contributed by atoms with Crippen molar-refractivity contribution >= 4 is 29.4 Å². The number of nitrogens with one attached hydrogen (secondary N) is 2. The first kappa shape index (κ1) is 15.6. The van der Waals surface area contributed by atoms with Crippen LogP contribution in [0.25, 0.3) is 0 Å². The lowest BCUT2D eigenvalue weighted by Gasteiger charge is -2.07. The van der Waals surface area contributed by atoms with Gasteiger partial charge < -0.3 is 15.2 Å². The molecular weight excluding hydrogens is 266 g/mol. The van der Waals surface area contributed by atoms with E-state index in [4.69, 9.17) is 4.52 Å². The molecule has 0 aliphatic heterocycles. The molecule has 7 heteroatoms. The normalized spacial score (nSPS) is 10.5. The van der Waals surface area contributed by atoms with Gasteiger partial charge in [-0.1, -0.05) is 19.0 Å². The molecule has 0 unspecified atom stereocenters. The summed E-state index contributed by atoms with van der Waals surface area (Å²) in [6.07, 6.45) is 0. The summed E-state index contributed by atoms with van der Waals surface area (Å²) in [6.45, 7) is 6.46. The number of carbonyl (C=O) groups is 2. The Balaban J connectivity index is 2.15. The van der Waals surface area contributed by atoms with Gasteiger partial charge in [0.2, 0.25) is 11.8 Å². The molecule has 0 saturated carbocycles. The summed E-state index contributed by atoms with van der Waals surface area (Å²) < 4.78 is 4.83. The van der Waals surface area contributed by atoms with E-state index < -0.39 is 0 Å². The summed E-state index contributed by atoms with van der Waals surface area (Å²) >= 11 is 1.26. The molecule has 0 aliphatic rings. The minimum absolute atomic E-state index is 0.0521. The largest absolute Gasteiger partial charge is 0.360 e. The third kappa shape index (κ3) is 6.85. The first-order valence-corrected chi connectivity index (χ1v) is 7.20. The zero-order valence-electron chi connectivity index (χ0n) is 11.4. The molecule has 0 atom stereocenters. The molecule has 1 rings (SSSR count). The third-order valence-corrected chi connectivity index (χ3v) is 3.00. The Morgan fingerprint density at radius 1 is 1.37 bits per heavy atom. The summed E-state index contributed by atoms with van der Waals surface area (Å²) in [5.41, 5.74) is 0. The Labute approximate surface area is 116 Å². The van der Waals surface area contributed by atoms with Crippen LogP contribution in [0.15, 0.2) is 10.6 Å². The second-order valence-corrected chi connectivity index (χ2v) is 5.55. The van der Waals surface area contributed by atoms with Crippen molar-refractivity contribution in [2.24, 2.45) is 5.92 Å². The van der Waals surface area contributed by atoms with Crippen molar-refractivity contribution in [3.63, 3.8) is 0 Å². The van der Waals surface area contributed by atoms with Gasteiger partial charge in [-0.2, -0.15) is 0 Å². The highest BCUT2D eigenvalue weighted by Crippen LogP contribution is 2.08. The van der Waals surface area contributed by atoms with Crippen molar-refractivity contribution in [3.8, 4) is 0 Å². The number of aryl methyl sites for hydroxylation is 1. The molecular formula is C12H19N3O3S. The van der Waals surface area contributed by atoms with E-state index in [1.165, 1.54) is 11.8 Å². The molecule has 2 amide bonds. The van der Waals surface area contributed by atoms with Gasteiger partial charge in [-0.05, 0) is 12.8 Å². The molecule has 0 fully saturated rings. The van der Waals surface area contributed by atoms with E-state index in [0.29, 0.717) is 24.0 Å². The Bertz CT molecular complexity index is 432. The van der Waals surface area contributed by atoms with Crippen molar-refractivity contribution < 1.29 is 14.1 Å². The summed E-state index contributed by atoms with van der Waals surface area (Å²) in [4.78, 5) is 22.9. The fourth-order valence-electron chi connectivity index (χ4n) is 1.21. The Morgan fingerprint density at radius 3 is 2.63 bits per heavy atom. The molecule has 6 nitrogen and oxygen atoms in total. The molecule has 0 bridgehead atoms. The van der Waals surface area contributed by atoms with Crippen LogP contribution in [0.5, 0.6) is 0 Å². The molecule has 0 aliphatic carbocycles. The lowest BCUT2D eigenvalue weighted by molar-refractivity contribution is -0.118. The van der Waals surface area contributed by atoms with Crippen LogP contribution < -0.4 is 10.6 Å². The molecule has 0 spiro atoms. The first-order chi connectivity index (χ1) is 8.97. The SMILES string of the molecule is Cc1cc(NC(=O)CSCC(=O)NCC(C)C)no1. The summed E-state index contributed by atoms with van der Waals surface area (Å²) in [5.74, 6) is 1.69. The van der Waals surface area contributed by atoms with Crippen molar-refractivity contribution in [3.05, 3.63) is 11.8 Å². The third-order valence-electron chi connectivity index (χ3n) is 2.07. The number of carbonyl (C=O) groups excluding carboxylic acids is 2. The van der Waals surface area contributed by atoms with Gasteiger partial charge in [0.05, 0.1) is 11.5 Å². The van der Waals surface area contributed by atoms with Gasteiger partial charge in [0.15, 0.2) is 5.82 Å². The number of hydrogen-bond donors (Lipinski definition) is 2. The van der Waals surface area contributed by atoms with Gasteiger partial charge in [0, 0.05) is 12.6 Å². The minimum Gasteiger partial charge on any atom is -0.360 e. The second kappa shape index (κ2) is 7.83. The van der Waals surface area contributed by atoms with Crippen LogP contribution in [0.4, 0.5) is 5.82 Å². The van der Waals surface area contributed by atoms with Crippen LogP contribution >= 0.6 is 11.8 Å². The van der Waals surface area contributed by atoms with Gasteiger partial charge >= 0.3 is 0 Å². The summed E-state index contributed by atoms with van der Waals surface area (Å²) in [6, 6.07) is 1.64. The fraction of sp³-hybridized carbons (Fsp3) is 0.583. The highest BCUT2D eigenvalue weighted by atomic mass is 32.2. The van der Waals surface area contributed by atoms with E-state index in [0.717, 1.165) is 0 Å². The Morgan fingerprint density at radius 2 is 2.05 bits per heavy atom. The monoisotopic (exact) mass is 285 g/mol. The highest BCUT2D eigenvalue weighted by Gasteiger charge is 2.08. The molecule has 19 heavy (non-hydrogen) atoms. The van der Waals surface area contributed by atoms with Crippen LogP contribution in [0, 0.1) is 12.8 Å². The number of amides is 2. The number of hydrogen-bond acceptors (Lipinski definition) is 5. The molecule has 1 aromatic heterocycles. The lowest BCUT2D eigenvalue weighted by Crippen LogP contribution is -2.29. The van der Waals surface area contributed by atoms with Gasteiger partial charge in [-0.3, -0.25) is 9.59 Å². The lowest BCUT2D eigenvalue weighted by atomic mass is 10.2. The maximum atomic E-state index is 11.5. The van der Waals surface area contributed by atoms with Gasteiger partial charge in [-0.25, -0.2) is 0 Å². The van der Waals surface area contributed by atoms with E-state index in [-0.39, 0.29) is 23.3 Å². The Hall–Kier alpha value is -1.50. The van der Waals surface area contributed by atoms with Crippen molar-refractivity contribution in [1.82, 2.24) is 10.5 Å². The van der Waals surface area contributed by atoms with Gasteiger partial charge in [0.25, 0.3) is 0 Å². The average molecular weight is 285 g/mol. The first-order valence-electron chi connectivity index (χ1n) is 6.05. The standard InChI is InChI=1S/C12H19N3O3S/c1-8(2)5-13-11(16)6-19-7-12(17)14-10-4-9(3)18-15-10/h4,8H,5-7H2,1-3H3,(H,13,16)(H,14,15,17). The zero-order valence-corrected chi connectivity index (χ0v) is 12.2. The molecule has 0 aromatic carbocycles. The molecule has 0 radical (unpaired) electrons. The molecule has 106 valence electrons. The topological polar surface area (TPSA) is 84.2 Å². The maximum Gasteiger partial charge on any atom is 0.235 e. The predicted octanol–water partition coefficient (Wildman–Crippen LogP) is 1.43. The highest BCUT2D eigenvalue weighted by molar-refractivity contribution is 8.00. The number of rotatable bonds is 7. The average Bonchev–Trinajstić information content (AvgIpc) is 2.72. The van der Waals surface area contributed by atoms with E-state index in [2.05, 4.69) is 15.8 Å². The van der Waals surface area contributed by atoms with Crippen LogP contribution in [-0.4, -0.2) is 35.0 Å². The maximum absolute atomic E-state index is 11.5. The van der Waals surface area contributed by atoms with Crippen LogP contribution in [0.3, 0.4) is 0 Å². The second-order valence-electron chi connectivity index (χ2n) is 4.56. The summed E-state index contributed by atoms with van der Waals surface area (Å²) in [5, 5.41) is 9.03.